The van der Waals surface area contributed by atoms with Crippen LogP contribution in [-0.4, -0.2) is 11.6 Å². The molecule has 0 N–H and O–H groups in total. The van der Waals surface area contributed by atoms with E-state index in [1.807, 2.05) is 0 Å². The number of nitrogens with zero attached hydrogens (tertiary/aromatic N) is 2. The van der Waals surface area contributed by atoms with Crippen LogP contribution < -0.4 is 4.90 Å². The van der Waals surface area contributed by atoms with E-state index >= 15 is 0 Å². The van der Waals surface area contributed by atoms with Crippen molar-refractivity contribution < 1.29 is 0 Å². The molecule has 0 bridgehead atoms. The number of anilines is 1. The highest BCUT2D eigenvalue weighted by atomic mass is 15.3. The van der Waals surface area contributed by atoms with Gasteiger partial charge in [0, 0.05) is 29.1 Å². The molecule has 2 heteroatoms. The number of hydrogen-bond donors (Lipinski definition) is 0. The predicted molar refractivity (Wildman–Crippen MR) is 162 cm³/mol. The van der Waals surface area contributed by atoms with E-state index in [0.717, 1.165) is 0 Å². The Labute approximate surface area is 221 Å². The molecule has 8 rings (SSSR count). The topological polar surface area (TPSA) is 8.17 Å². The van der Waals surface area contributed by atoms with Gasteiger partial charge in [-0.1, -0.05) is 109 Å². The van der Waals surface area contributed by atoms with Crippen molar-refractivity contribution in [1.82, 2.24) is 4.57 Å². The van der Waals surface area contributed by atoms with Gasteiger partial charge < -0.3 is 9.47 Å². The molecule has 0 fully saturated rings. The molecule has 2 nitrogen and oxygen atoms in total. The minimum Gasteiger partial charge on any atom is -0.350 e. The third kappa shape index (κ3) is 2.95. The van der Waals surface area contributed by atoms with Crippen molar-refractivity contribution in [1.29, 1.82) is 0 Å². The van der Waals surface area contributed by atoms with Gasteiger partial charge in [-0.05, 0) is 57.0 Å². The zero-order chi connectivity index (χ0) is 25.2. The molecule has 1 unspecified atom stereocenters. The summed E-state index contributed by atoms with van der Waals surface area (Å²) >= 11 is 0. The van der Waals surface area contributed by atoms with E-state index in [9.17, 15) is 0 Å². The molecule has 0 saturated heterocycles. The van der Waals surface area contributed by atoms with Crippen molar-refractivity contribution in [3.63, 3.8) is 0 Å². The zero-order valence-corrected chi connectivity index (χ0v) is 21.2. The van der Waals surface area contributed by atoms with Gasteiger partial charge in [0.05, 0.1) is 11.0 Å². The highest BCUT2D eigenvalue weighted by Crippen LogP contribution is 2.45. The van der Waals surface area contributed by atoms with Crippen molar-refractivity contribution in [2.45, 2.75) is 6.17 Å². The van der Waals surface area contributed by atoms with Crippen molar-refractivity contribution >= 4 is 54.6 Å². The molecule has 1 aliphatic rings. The van der Waals surface area contributed by atoms with Crippen LogP contribution in [0.2, 0.25) is 0 Å². The van der Waals surface area contributed by atoms with E-state index in [0.29, 0.717) is 0 Å². The molecule has 180 valence electrons. The second-order valence-electron chi connectivity index (χ2n) is 10.2. The Morgan fingerprint density at radius 3 is 1.74 bits per heavy atom. The first-order chi connectivity index (χ1) is 18.8. The van der Waals surface area contributed by atoms with E-state index in [-0.39, 0.29) is 6.17 Å². The molecule has 0 amide bonds. The largest absolute Gasteiger partial charge is 0.350 e. The van der Waals surface area contributed by atoms with Gasteiger partial charge in [0.25, 0.3) is 0 Å². The summed E-state index contributed by atoms with van der Waals surface area (Å²) in [6.45, 7) is 0. The van der Waals surface area contributed by atoms with Gasteiger partial charge in [0.2, 0.25) is 0 Å². The molecule has 0 radical (unpaired) electrons. The van der Waals surface area contributed by atoms with Crippen molar-refractivity contribution in [2.75, 3.05) is 11.9 Å². The number of benzene rings is 6. The molecule has 1 atom stereocenters. The fraction of sp³-hybridized carbons (Fsp3) is 0.0556. The minimum atomic E-state index is 0.0161. The first kappa shape index (κ1) is 21.3. The molecule has 0 aliphatic carbocycles. The molecule has 0 spiro atoms. The molecule has 7 aromatic rings. The quantitative estimate of drug-likeness (QED) is 0.236. The smallest absolute Gasteiger partial charge is 0.126 e. The van der Waals surface area contributed by atoms with Crippen molar-refractivity contribution in [2.24, 2.45) is 0 Å². The number of aromatic nitrogens is 1. The Morgan fingerprint density at radius 1 is 0.526 bits per heavy atom. The van der Waals surface area contributed by atoms with Crippen LogP contribution in [0, 0.1) is 0 Å². The van der Waals surface area contributed by atoms with Crippen molar-refractivity contribution in [3.8, 4) is 0 Å². The average molecular weight is 487 g/mol. The molecule has 0 saturated carbocycles. The third-order valence-electron chi connectivity index (χ3n) is 8.22. The van der Waals surface area contributed by atoms with E-state index in [1.54, 1.807) is 0 Å². The maximum Gasteiger partial charge on any atom is 0.126 e. The van der Waals surface area contributed by atoms with Crippen molar-refractivity contribution in [3.05, 3.63) is 145 Å². The Bertz CT molecular complexity index is 1950. The van der Waals surface area contributed by atoms with E-state index in [2.05, 4.69) is 150 Å². The molecular weight excluding hydrogens is 460 g/mol. The van der Waals surface area contributed by atoms with Gasteiger partial charge in [-0.3, -0.25) is 0 Å². The van der Waals surface area contributed by atoms with Crippen LogP contribution >= 0.6 is 0 Å². The Kier molecular flexibility index (Phi) is 4.53. The average Bonchev–Trinajstić information content (AvgIpc) is 3.33. The van der Waals surface area contributed by atoms with Crippen LogP contribution in [0.4, 0.5) is 5.69 Å². The molecule has 2 heterocycles. The molecule has 1 aromatic heterocycles. The van der Waals surface area contributed by atoms with Crippen LogP contribution in [-0.2, 0) is 0 Å². The first-order valence-electron chi connectivity index (χ1n) is 13.2. The highest BCUT2D eigenvalue weighted by molar-refractivity contribution is 6.28. The molecular formula is C36H26N2. The lowest BCUT2D eigenvalue weighted by Crippen LogP contribution is -2.31. The zero-order valence-electron chi connectivity index (χ0n) is 21.2. The van der Waals surface area contributed by atoms with Crippen LogP contribution in [0.3, 0.4) is 0 Å². The summed E-state index contributed by atoms with van der Waals surface area (Å²) in [5.74, 6) is 0. The lowest BCUT2D eigenvalue weighted by Gasteiger charge is -2.36. The van der Waals surface area contributed by atoms with Crippen LogP contribution in [0.5, 0.6) is 0 Å². The maximum atomic E-state index is 2.54. The summed E-state index contributed by atoms with van der Waals surface area (Å²) in [5, 5.41) is 7.81. The van der Waals surface area contributed by atoms with Gasteiger partial charge in [-0.2, -0.15) is 0 Å². The lowest BCUT2D eigenvalue weighted by atomic mass is 9.92. The summed E-state index contributed by atoms with van der Waals surface area (Å²) in [5.41, 5.74) is 7.56. The predicted octanol–water partition coefficient (Wildman–Crippen LogP) is 9.18. The van der Waals surface area contributed by atoms with Gasteiger partial charge in [-0.15, -0.1) is 0 Å². The number of para-hydroxylation sites is 1. The fourth-order valence-electron chi connectivity index (χ4n) is 6.48. The number of fused-ring (bicyclic) bond motifs is 8. The minimum absolute atomic E-state index is 0.0161. The summed E-state index contributed by atoms with van der Waals surface area (Å²) in [4.78, 5) is 2.42. The monoisotopic (exact) mass is 486 g/mol. The highest BCUT2D eigenvalue weighted by Gasteiger charge is 2.29. The summed E-state index contributed by atoms with van der Waals surface area (Å²) in [6, 6.07) is 46.3. The SMILES string of the molecule is CN1c2ccccc2C(c2ccccc2)=CC1n1c2ccc3ccccc3c2c2c3ccccc3ccc21. The second-order valence-corrected chi connectivity index (χ2v) is 10.2. The summed E-state index contributed by atoms with van der Waals surface area (Å²) < 4.78 is 2.54. The normalized spacial score (nSPS) is 15.3. The number of hydrogen-bond acceptors (Lipinski definition) is 1. The number of likely N-dealkylation sites (N-methyl/N-ethyl adjacent to an activating group) is 1. The van der Waals surface area contributed by atoms with E-state index < -0.39 is 0 Å². The van der Waals surface area contributed by atoms with Crippen LogP contribution in [0.1, 0.15) is 17.3 Å². The fourth-order valence-corrected chi connectivity index (χ4v) is 6.48. The Hall–Kier alpha value is -4.82. The second kappa shape index (κ2) is 8.09. The Balaban J connectivity index is 1.52. The van der Waals surface area contributed by atoms with E-state index in [1.165, 1.54) is 65.7 Å². The summed E-state index contributed by atoms with van der Waals surface area (Å²) in [6.07, 6.45) is 2.46. The third-order valence-corrected chi connectivity index (χ3v) is 8.22. The molecule has 1 aliphatic heterocycles. The lowest BCUT2D eigenvalue weighted by molar-refractivity contribution is 0.624. The van der Waals surface area contributed by atoms with Crippen LogP contribution in [0.15, 0.2) is 133 Å². The Morgan fingerprint density at radius 2 is 1.08 bits per heavy atom. The van der Waals surface area contributed by atoms with Crippen LogP contribution in [0.25, 0.3) is 48.9 Å². The first-order valence-corrected chi connectivity index (χ1v) is 13.2. The van der Waals surface area contributed by atoms with Gasteiger partial charge in [-0.25, -0.2) is 0 Å². The maximum absolute atomic E-state index is 2.54. The standard InChI is InChI=1S/C36H26N2/c1-37-31-18-10-9-17-29(31)30(24-11-3-2-4-12-24)23-34(37)38-32-21-19-25-13-5-7-15-27(25)35(32)36-28-16-8-6-14-26(28)20-22-33(36)38/h2-23,34H,1H3. The molecule has 38 heavy (non-hydrogen) atoms. The van der Waals surface area contributed by atoms with Gasteiger partial charge in [0.1, 0.15) is 6.17 Å². The van der Waals surface area contributed by atoms with E-state index in [4.69, 9.17) is 0 Å². The van der Waals surface area contributed by atoms with Gasteiger partial charge >= 0.3 is 0 Å². The summed E-state index contributed by atoms with van der Waals surface area (Å²) in [7, 11) is 2.22. The van der Waals surface area contributed by atoms with Gasteiger partial charge in [0.15, 0.2) is 0 Å². The number of rotatable bonds is 2. The molecule has 6 aromatic carbocycles.